The average Bonchev–Trinajstić information content (AvgIpc) is 3.29. The molecule has 0 aliphatic rings. The van der Waals surface area contributed by atoms with Crippen molar-refractivity contribution in [2.45, 2.75) is 13.5 Å². The first-order valence-electron chi connectivity index (χ1n) is 9.99. The molecule has 0 unspecified atom stereocenters. The molecule has 0 bridgehead atoms. The molecule has 1 heterocycles. The zero-order chi connectivity index (χ0) is 22.5. The first-order chi connectivity index (χ1) is 15.5. The predicted molar refractivity (Wildman–Crippen MR) is 123 cm³/mol. The molecule has 0 aliphatic heterocycles. The number of anilines is 1. The minimum absolute atomic E-state index is 0.112. The van der Waals surface area contributed by atoms with E-state index in [0.717, 1.165) is 11.3 Å². The van der Waals surface area contributed by atoms with E-state index >= 15 is 0 Å². The Labute approximate surface area is 190 Å². The van der Waals surface area contributed by atoms with E-state index < -0.39 is 5.91 Å². The normalized spacial score (nSPS) is 10.6. The number of carbonyl (C=O) groups is 2. The lowest BCUT2D eigenvalue weighted by Crippen LogP contribution is -2.14. The highest BCUT2D eigenvalue weighted by atomic mass is 35.5. The van der Waals surface area contributed by atoms with Crippen LogP contribution in [0.25, 0.3) is 0 Å². The van der Waals surface area contributed by atoms with Crippen LogP contribution in [0.1, 0.15) is 37.8 Å². The van der Waals surface area contributed by atoms with E-state index in [4.69, 9.17) is 20.8 Å². The number of hydrogen-bond acceptors (Lipinski definition) is 4. The van der Waals surface area contributed by atoms with Gasteiger partial charge in [0.15, 0.2) is 11.5 Å². The average molecular weight is 446 g/mol. The van der Waals surface area contributed by atoms with Crippen LogP contribution in [-0.2, 0) is 6.61 Å². The number of benzene rings is 3. The van der Waals surface area contributed by atoms with Gasteiger partial charge in [0.25, 0.3) is 5.91 Å². The lowest BCUT2D eigenvalue weighted by molar-refractivity contribution is 0.0992. The van der Waals surface area contributed by atoms with Gasteiger partial charge in [0, 0.05) is 16.1 Å². The number of carbonyl (C=O) groups excluding carboxylic acids is 2. The molecule has 5 nitrogen and oxygen atoms in total. The number of furan rings is 1. The smallest absolute Gasteiger partial charge is 0.291 e. The van der Waals surface area contributed by atoms with Crippen molar-refractivity contribution in [2.75, 3.05) is 5.32 Å². The summed E-state index contributed by atoms with van der Waals surface area (Å²) < 4.78 is 11.4. The van der Waals surface area contributed by atoms with Crippen LogP contribution < -0.4 is 10.1 Å². The van der Waals surface area contributed by atoms with Gasteiger partial charge in [-0.25, -0.2) is 0 Å². The molecule has 160 valence electrons. The topological polar surface area (TPSA) is 68.5 Å². The fraction of sp³-hybridized carbons (Fsp3) is 0.0769. The van der Waals surface area contributed by atoms with Crippen molar-refractivity contribution in [2.24, 2.45) is 0 Å². The zero-order valence-electron chi connectivity index (χ0n) is 17.3. The Hall–Kier alpha value is -3.83. The van der Waals surface area contributed by atoms with Gasteiger partial charge in [0.1, 0.15) is 18.1 Å². The minimum Gasteiger partial charge on any atom is -0.485 e. The number of ether oxygens (including phenoxy) is 1. The predicted octanol–water partition coefficient (Wildman–Crippen LogP) is 6.30. The van der Waals surface area contributed by atoms with Crippen molar-refractivity contribution in [3.05, 3.63) is 118 Å². The number of rotatable bonds is 7. The van der Waals surface area contributed by atoms with Gasteiger partial charge in [-0.3, -0.25) is 9.59 Å². The van der Waals surface area contributed by atoms with Gasteiger partial charge in [-0.05, 0) is 48.9 Å². The highest BCUT2D eigenvalue weighted by Gasteiger charge is 2.18. The summed E-state index contributed by atoms with van der Waals surface area (Å²) >= 11 is 6.10. The van der Waals surface area contributed by atoms with Crippen LogP contribution in [0.15, 0.2) is 89.3 Å². The van der Waals surface area contributed by atoms with Gasteiger partial charge < -0.3 is 14.5 Å². The number of halogens is 1. The van der Waals surface area contributed by atoms with Crippen molar-refractivity contribution >= 4 is 29.0 Å². The standard InChI is InChI=1S/C26H20ClNO4/c1-17-7-5-6-10-23(17)31-16-20-12-14-24(32-20)26(30)28-22-13-11-19(27)15-21(22)25(29)18-8-3-2-4-9-18/h2-15H,16H2,1H3,(H,28,30). The number of amides is 1. The van der Waals surface area contributed by atoms with E-state index in [-0.39, 0.29) is 18.2 Å². The molecule has 3 aromatic carbocycles. The number of hydrogen-bond donors (Lipinski definition) is 1. The Bertz CT molecular complexity index is 1260. The Morgan fingerprint density at radius 3 is 2.47 bits per heavy atom. The number of nitrogens with one attached hydrogen (secondary N) is 1. The molecule has 0 fully saturated rings. The first kappa shape index (κ1) is 21.4. The molecule has 1 amide bonds. The molecular weight excluding hydrogens is 426 g/mol. The summed E-state index contributed by atoms with van der Waals surface area (Å²) in [6, 6.07) is 24.5. The molecule has 4 rings (SSSR count). The zero-order valence-corrected chi connectivity index (χ0v) is 18.1. The molecule has 0 saturated carbocycles. The van der Waals surface area contributed by atoms with Crippen molar-refractivity contribution in [1.82, 2.24) is 0 Å². The molecular formula is C26H20ClNO4. The lowest BCUT2D eigenvalue weighted by atomic mass is 10.0. The Morgan fingerprint density at radius 1 is 0.938 bits per heavy atom. The van der Waals surface area contributed by atoms with Gasteiger partial charge in [0.2, 0.25) is 0 Å². The number of ketones is 1. The molecule has 0 spiro atoms. The highest BCUT2D eigenvalue weighted by molar-refractivity contribution is 6.31. The molecule has 1 aromatic heterocycles. The largest absolute Gasteiger partial charge is 0.485 e. The maximum absolute atomic E-state index is 12.9. The van der Waals surface area contributed by atoms with Crippen molar-refractivity contribution < 1.29 is 18.7 Å². The number of para-hydroxylation sites is 1. The highest BCUT2D eigenvalue weighted by Crippen LogP contribution is 2.25. The van der Waals surface area contributed by atoms with Gasteiger partial charge >= 0.3 is 0 Å². The SMILES string of the molecule is Cc1ccccc1OCc1ccc(C(=O)Nc2ccc(Cl)cc2C(=O)c2ccccc2)o1. The Balaban J connectivity index is 1.49. The van der Waals surface area contributed by atoms with Crippen LogP contribution in [0.2, 0.25) is 5.02 Å². The van der Waals surface area contributed by atoms with E-state index in [0.29, 0.717) is 27.6 Å². The summed E-state index contributed by atoms with van der Waals surface area (Å²) in [5, 5.41) is 3.15. The van der Waals surface area contributed by atoms with Crippen LogP contribution in [0, 0.1) is 6.92 Å². The summed E-state index contributed by atoms with van der Waals surface area (Å²) in [6.45, 7) is 2.15. The molecule has 6 heteroatoms. The molecule has 1 N–H and O–H groups in total. The van der Waals surface area contributed by atoms with Crippen molar-refractivity contribution in [3.63, 3.8) is 0 Å². The van der Waals surface area contributed by atoms with E-state index in [1.165, 1.54) is 6.07 Å². The lowest BCUT2D eigenvalue weighted by Gasteiger charge is -2.10. The maximum atomic E-state index is 12.9. The molecule has 0 aliphatic carbocycles. The summed E-state index contributed by atoms with van der Waals surface area (Å²) in [6.07, 6.45) is 0. The van der Waals surface area contributed by atoms with Crippen LogP contribution in [0.3, 0.4) is 0 Å². The first-order valence-corrected chi connectivity index (χ1v) is 10.4. The van der Waals surface area contributed by atoms with Crippen LogP contribution in [0.4, 0.5) is 5.69 Å². The second-order valence-corrected chi connectivity index (χ2v) is 7.60. The summed E-state index contributed by atoms with van der Waals surface area (Å²) in [7, 11) is 0. The van der Waals surface area contributed by atoms with Crippen molar-refractivity contribution in [3.8, 4) is 5.75 Å². The fourth-order valence-electron chi connectivity index (χ4n) is 3.19. The quantitative estimate of drug-likeness (QED) is 0.339. The monoisotopic (exact) mass is 445 g/mol. The van der Waals surface area contributed by atoms with Crippen LogP contribution >= 0.6 is 11.6 Å². The minimum atomic E-state index is -0.475. The van der Waals surface area contributed by atoms with Gasteiger partial charge in [-0.2, -0.15) is 0 Å². The molecule has 0 saturated heterocycles. The molecule has 0 radical (unpaired) electrons. The van der Waals surface area contributed by atoms with Gasteiger partial charge in [-0.15, -0.1) is 0 Å². The second-order valence-electron chi connectivity index (χ2n) is 7.16. The molecule has 32 heavy (non-hydrogen) atoms. The van der Waals surface area contributed by atoms with Gasteiger partial charge in [0.05, 0.1) is 5.69 Å². The maximum Gasteiger partial charge on any atom is 0.291 e. The van der Waals surface area contributed by atoms with E-state index in [1.807, 2.05) is 37.3 Å². The summed E-state index contributed by atoms with van der Waals surface area (Å²) in [5.74, 6) is 0.656. The summed E-state index contributed by atoms with van der Waals surface area (Å²) in [4.78, 5) is 25.7. The third-order valence-electron chi connectivity index (χ3n) is 4.86. The van der Waals surface area contributed by atoms with E-state index in [1.54, 1.807) is 48.5 Å². The van der Waals surface area contributed by atoms with Crippen molar-refractivity contribution in [1.29, 1.82) is 0 Å². The van der Waals surface area contributed by atoms with Crippen LogP contribution in [-0.4, -0.2) is 11.7 Å². The third-order valence-corrected chi connectivity index (χ3v) is 5.09. The molecule has 0 atom stereocenters. The van der Waals surface area contributed by atoms with E-state index in [9.17, 15) is 9.59 Å². The Kier molecular flexibility index (Phi) is 6.38. The number of aryl methyl sites for hydroxylation is 1. The second kappa shape index (κ2) is 9.54. The molecule has 4 aromatic rings. The van der Waals surface area contributed by atoms with Crippen LogP contribution in [0.5, 0.6) is 5.75 Å². The van der Waals surface area contributed by atoms with Gasteiger partial charge in [-0.1, -0.05) is 60.1 Å². The third kappa shape index (κ3) is 4.90. The summed E-state index contributed by atoms with van der Waals surface area (Å²) in [5.41, 5.74) is 2.16. The fourth-order valence-corrected chi connectivity index (χ4v) is 3.36. The Morgan fingerprint density at radius 2 is 1.69 bits per heavy atom. The van der Waals surface area contributed by atoms with E-state index in [2.05, 4.69) is 5.32 Å².